The smallest absolute Gasteiger partial charge is 0.134 e. The Morgan fingerprint density at radius 3 is 2.71 bits per heavy atom. The third-order valence-electron chi connectivity index (χ3n) is 4.90. The van der Waals surface area contributed by atoms with Crippen molar-refractivity contribution >= 4 is 16.7 Å². The first-order valence-electron chi connectivity index (χ1n) is 8.72. The molecule has 3 aromatic rings. The molecule has 3 heteroatoms. The van der Waals surface area contributed by atoms with Crippen molar-refractivity contribution in [1.82, 2.24) is 4.90 Å². The van der Waals surface area contributed by atoms with Crippen molar-refractivity contribution in [2.75, 3.05) is 24.5 Å². The number of piperazine rings is 1. The van der Waals surface area contributed by atoms with Gasteiger partial charge in [-0.25, -0.2) is 0 Å². The van der Waals surface area contributed by atoms with Crippen molar-refractivity contribution in [2.24, 2.45) is 0 Å². The number of benzene rings is 2. The molecule has 1 aliphatic rings. The van der Waals surface area contributed by atoms with E-state index in [4.69, 9.17) is 4.42 Å². The van der Waals surface area contributed by atoms with Crippen LogP contribution in [0.2, 0.25) is 0 Å². The van der Waals surface area contributed by atoms with Crippen LogP contribution in [0.15, 0.2) is 59.0 Å². The van der Waals surface area contributed by atoms with Gasteiger partial charge in [-0.3, -0.25) is 4.90 Å². The summed E-state index contributed by atoms with van der Waals surface area (Å²) in [5.74, 6) is 1.06. The van der Waals surface area contributed by atoms with E-state index in [1.807, 2.05) is 12.1 Å². The topological polar surface area (TPSA) is 19.6 Å². The molecule has 1 saturated heterocycles. The Balaban J connectivity index is 1.44. The zero-order valence-corrected chi connectivity index (χ0v) is 14.4. The summed E-state index contributed by atoms with van der Waals surface area (Å²) >= 11 is 0. The van der Waals surface area contributed by atoms with Gasteiger partial charge in [0.05, 0.1) is 6.54 Å². The van der Waals surface area contributed by atoms with Crippen LogP contribution in [0.3, 0.4) is 0 Å². The summed E-state index contributed by atoms with van der Waals surface area (Å²) in [6.07, 6.45) is 0. The summed E-state index contributed by atoms with van der Waals surface area (Å²) < 4.78 is 5.98. The molecule has 1 unspecified atom stereocenters. The fourth-order valence-corrected chi connectivity index (χ4v) is 3.70. The van der Waals surface area contributed by atoms with Gasteiger partial charge >= 0.3 is 0 Å². The predicted octanol–water partition coefficient (Wildman–Crippen LogP) is 4.45. The van der Waals surface area contributed by atoms with Gasteiger partial charge in [0, 0.05) is 36.7 Å². The molecule has 124 valence electrons. The lowest BCUT2D eigenvalue weighted by Crippen LogP contribution is -2.51. The highest BCUT2D eigenvalue weighted by Gasteiger charge is 2.24. The Bertz CT molecular complexity index is 805. The van der Waals surface area contributed by atoms with Crippen molar-refractivity contribution in [1.29, 1.82) is 0 Å². The Hall–Kier alpha value is -2.26. The number of furan rings is 1. The Kier molecular flexibility index (Phi) is 4.03. The maximum absolute atomic E-state index is 5.98. The number of anilines is 1. The Labute approximate surface area is 143 Å². The van der Waals surface area contributed by atoms with E-state index in [0.29, 0.717) is 6.04 Å². The lowest BCUT2D eigenvalue weighted by Gasteiger charge is -2.41. The van der Waals surface area contributed by atoms with Crippen molar-refractivity contribution in [3.63, 3.8) is 0 Å². The molecule has 0 aliphatic carbocycles. The average Bonchev–Trinajstić information content (AvgIpc) is 2.97. The average molecular weight is 320 g/mol. The van der Waals surface area contributed by atoms with Crippen LogP contribution in [0.5, 0.6) is 0 Å². The van der Waals surface area contributed by atoms with Gasteiger partial charge in [-0.05, 0) is 43.7 Å². The quantitative estimate of drug-likeness (QED) is 0.711. The summed E-state index contributed by atoms with van der Waals surface area (Å²) in [6, 6.07) is 19.7. The van der Waals surface area contributed by atoms with Crippen LogP contribution in [0.25, 0.3) is 11.0 Å². The van der Waals surface area contributed by atoms with E-state index in [1.54, 1.807) is 0 Å². The largest absolute Gasteiger partial charge is 0.460 e. The molecule has 0 saturated carbocycles. The van der Waals surface area contributed by atoms with Gasteiger partial charge in [0.15, 0.2) is 0 Å². The molecule has 3 nitrogen and oxygen atoms in total. The number of rotatable bonds is 3. The first-order chi connectivity index (χ1) is 11.7. The number of aryl methyl sites for hydroxylation is 1. The molecule has 1 atom stereocenters. The molecule has 2 aromatic carbocycles. The molecule has 1 aromatic heterocycles. The fraction of sp³-hybridized carbons (Fsp3) is 0.333. The van der Waals surface area contributed by atoms with Crippen LogP contribution < -0.4 is 4.90 Å². The zero-order valence-electron chi connectivity index (χ0n) is 14.4. The van der Waals surface area contributed by atoms with Crippen LogP contribution >= 0.6 is 0 Å². The Morgan fingerprint density at radius 1 is 1.04 bits per heavy atom. The van der Waals surface area contributed by atoms with Crippen LogP contribution in [0.4, 0.5) is 5.69 Å². The van der Waals surface area contributed by atoms with Gasteiger partial charge in [0.2, 0.25) is 0 Å². The maximum atomic E-state index is 5.98. The highest BCUT2D eigenvalue weighted by Crippen LogP contribution is 2.24. The van der Waals surface area contributed by atoms with E-state index in [9.17, 15) is 0 Å². The van der Waals surface area contributed by atoms with E-state index in [2.05, 4.69) is 66.1 Å². The molecule has 0 N–H and O–H groups in total. The first kappa shape index (κ1) is 15.3. The monoisotopic (exact) mass is 320 g/mol. The van der Waals surface area contributed by atoms with Gasteiger partial charge in [-0.1, -0.05) is 30.3 Å². The second-order valence-electron chi connectivity index (χ2n) is 6.87. The van der Waals surface area contributed by atoms with Crippen molar-refractivity contribution in [3.8, 4) is 0 Å². The number of fused-ring (bicyclic) bond motifs is 1. The molecular weight excluding hydrogens is 296 g/mol. The number of nitrogens with zero attached hydrogens (tertiary/aromatic N) is 2. The normalized spacial score (nSPS) is 19.1. The van der Waals surface area contributed by atoms with Crippen LogP contribution in [-0.2, 0) is 6.54 Å². The van der Waals surface area contributed by atoms with Gasteiger partial charge in [-0.15, -0.1) is 0 Å². The minimum atomic E-state index is 0.505. The molecule has 0 spiro atoms. The van der Waals surface area contributed by atoms with E-state index in [-0.39, 0.29) is 0 Å². The van der Waals surface area contributed by atoms with Gasteiger partial charge in [0.25, 0.3) is 0 Å². The number of hydrogen-bond donors (Lipinski definition) is 0. The lowest BCUT2D eigenvalue weighted by molar-refractivity contribution is 0.207. The molecule has 0 bridgehead atoms. The molecule has 1 aliphatic heterocycles. The first-order valence-corrected chi connectivity index (χ1v) is 8.72. The second kappa shape index (κ2) is 6.33. The summed E-state index contributed by atoms with van der Waals surface area (Å²) in [7, 11) is 0. The summed E-state index contributed by atoms with van der Waals surface area (Å²) in [5, 5.41) is 1.19. The number of para-hydroxylation sites is 1. The van der Waals surface area contributed by atoms with Crippen molar-refractivity contribution < 1.29 is 4.42 Å². The van der Waals surface area contributed by atoms with Crippen LogP contribution in [0, 0.1) is 6.92 Å². The van der Waals surface area contributed by atoms with E-state index in [1.165, 1.54) is 16.6 Å². The summed E-state index contributed by atoms with van der Waals surface area (Å²) in [6.45, 7) is 8.55. The second-order valence-corrected chi connectivity index (χ2v) is 6.87. The SMILES string of the molecule is Cc1cccc(N2CCN(Cc3cc4ccccc4o3)CC2C)c1. The maximum Gasteiger partial charge on any atom is 0.134 e. The molecule has 0 amide bonds. The van der Waals surface area contributed by atoms with E-state index < -0.39 is 0 Å². The molecule has 4 rings (SSSR count). The van der Waals surface area contributed by atoms with Crippen LogP contribution in [0.1, 0.15) is 18.2 Å². The molecular formula is C21H24N2O. The minimum absolute atomic E-state index is 0.505. The molecule has 0 radical (unpaired) electrons. The Morgan fingerprint density at radius 2 is 1.92 bits per heavy atom. The van der Waals surface area contributed by atoms with E-state index >= 15 is 0 Å². The molecule has 1 fully saturated rings. The highest BCUT2D eigenvalue weighted by molar-refractivity contribution is 5.77. The van der Waals surface area contributed by atoms with Crippen molar-refractivity contribution in [2.45, 2.75) is 26.4 Å². The zero-order chi connectivity index (χ0) is 16.5. The predicted molar refractivity (Wildman–Crippen MR) is 99.5 cm³/mol. The van der Waals surface area contributed by atoms with Gasteiger partial charge in [-0.2, -0.15) is 0 Å². The standard InChI is InChI=1S/C21H24N2O/c1-16-6-5-8-19(12-16)23-11-10-22(14-17(23)2)15-20-13-18-7-3-4-9-21(18)24-20/h3-9,12-13,17H,10-11,14-15H2,1-2H3. The van der Waals surface area contributed by atoms with Crippen molar-refractivity contribution in [3.05, 3.63) is 65.9 Å². The van der Waals surface area contributed by atoms with Gasteiger partial charge < -0.3 is 9.32 Å². The minimum Gasteiger partial charge on any atom is -0.460 e. The highest BCUT2D eigenvalue weighted by atomic mass is 16.3. The number of hydrogen-bond acceptors (Lipinski definition) is 3. The third-order valence-corrected chi connectivity index (χ3v) is 4.90. The third kappa shape index (κ3) is 3.04. The van der Waals surface area contributed by atoms with E-state index in [0.717, 1.165) is 37.5 Å². The van der Waals surface area contributed by atoms with Gasteiger partial charge in [0.1, 0.15) is 11.3 Å². The fourth-order valence-electron chi connectivity index (χ4n) is 3.70. The summed E-state index contributed by atoms with van der Waals surface area (Å²) in [5.41, 5.74) is 3.65. The molecule has 24 heavy (non-hydrogen) atoms. The summed E-state index contributed by atoms with van der Waals surface area (Å²) in [4.78, 5) is 5.01. The van der Waals surface area contributed by atoms with Crippen LogP contribution in [-0.4, -0.2) is 30.6 Å². The lowest BCUT2D eigenvalue weighted by atomic mass is 10.1. The molecule has 2 heterocycles.